The van der Waals surface area contributed by atoms with E-state index >= 15 is 0 Å². The SMILES string of the molecule is CN(C)CC1(C(C)(C)C)CNc2ccccc21. The van der Waals surface area contributed by atoms with Gasteiger partial charge in [-0.15, -0.1) is 0 Å². The molecule has 2 heteroatoms. The van der Waals surface area contributed by atoms with Crippen LogP contribution in [0.5, 0.6) is 0 Å². The van der Waals surface area contributed by atoms with Crippen molar-refractivity contribution in [3.8, 4) is 0 Å². The highest BCUT2D eigenvalue weighted by atomic mass is 15.1. The van der Waals surface area contributed by atoms with Gasteiger partial charge in [-0.25, -0.2) is 0 Å². The fourth-order valence-electron chi connectivity index (χ4n) is 2.98. The quantitative estimate of drug-likeness (QED) is 0.843. The van der Waals surface area contributed by atoms with Gasteiger partial charge in [0.1, 0.15) is 0 Å². The minimum absolute atomic E-state index is 0.201. The number of anilines is 1. The average Bonchev–Trinajstić information content (AvgIpc) is 2.57. The minimum Gasteiger partial charge on any atom is -0.384 e. The summed E-state index contributed by atoms with van der Waals surface area (Å²) in [6.07, 6.45) is 0. The first-order valence-corrected chi connectivity index (χ1v) is 6.35. The van der Waals surface area contributed by atoms with E-state index in [-0.39, 0.29) is 10.8 Å². The van der Waals surface area contributed by atoms with Crippen LogP contribution in [0.1, 0.15) is 26.3 Å². The van der Waals surface area contributed by atoms with Gasteiger partial charge in [0.15, 0.2) is 0 Å². The molecule has 1 heterocycles. The molecule has 1 atom stereocenters. The number of nitrogens with one attached hydrogen (secondary N) is 1. The molecule has 17 heavy (non-hydrogen) atoms. The van der Waals surface area contributed by atoms with Crippen LogP contribution >= 0.6 is 0 Å². The minimum atomic E-state index is 0.201. The Labute approximate surface area is 105 Å². The third kappa shape index (κ3) is 1.95. The molecule has 2 rings (SSSR count). The van der Waals surface area contributed by atoms with Crippen LogP contribution < -0.4 is 5.32 Å². The van der Waals surface area contributed by atoms with Crippen LogP contribution in [0.4, 0.5) is 5.69 Å². The number of nitrogens with zero attached hydrogens (tertiary/aromatic N) is 1. The zero-order chi connectivity index (χ0) is 12.7. The van der Waals surface area contributed by atoms with Gasteiger partial charge < -0.3 is 10.2 Å². The summed E-state index contributed by atoms with van der Waals surface area (Å²) < 4.78 is 0. The lowest BCUT2D eigenvalue weighted by molar-refractivity contribution is 0.153. The first-order chi connectivity index (χ1) is 7.87. The Morgan fingerprint density at radius 2 is 1.88 bits per heavy atom. The monoisotopic (exact) mass is 232 g/mol. The molecule has 0 aromatic heterocycles. The highest BCUT2D eigenvalue weighted by Crippen LogP contribution is 2.48. The highest BCUT2D eigenvalue weighted by Gasteiger charge is 2.47. The first-order valence-electron chi connectivity index (χ1n) is 6.35. The zero-order valence-corrected chi connectivity index (χ0v) is 11.7. The van der Waals surface area contributed by atoms with Crippen molar-refractivity contribution in [1.82, 2.24) is 4.90 Å². The molecule has 1 aromatic rings. The second-order valence-electron chi connectivity index (χ2n) is 6.47. The van der Waals surface area contributed by atoms with Gasteiger partial charge in [0.25, 0.3) is 0 Å². The maximum absolute atomic E-state index is 3.58. The molecule has 2 nitrogen and oxygen atoms in total. The summed E-state index contributed by atoms with van der Waals surface area (Å²) >= 11 is 0. The number of benzene rings is 1. The van der Waals surface area contributed by atoms with Crippen LogP contribution in [0.15, 0.2) is 24.3 Å². The molecule has 0 bridgehead atoms. The number of para-hydroxylation sites is 1. The summed E-state index contributed by atoms with van der Waals surface area (Å²) in [6.45, 7) is 9.16. The van der Waals surface area contributed by atoms with Crippen LogP contribution in [0.25, 0.3) is 0 Å². The molecule has 1 N–H and O–H groups in total. The highest BCUT2D eigenvalue weighted by molar-refractivity contribution is 5.61. The van der Waals surface area contributed by atoms with E-state index in [1.807, 2.05) is 0 Å². The first kappa shape index (κ1) is 12.4. The molecular formula is C15H24N2. The van der Waals surface area contributed by atoms with Crippen molar-refractivity contribution in [2.24, 2.45) is 5.41 Å². The Kier molecular flexibility index (Phi) is 2.94. The second-order valence-corrected chi connectivity index (χ2v) is 6.47. The van der Waals surface area contributed by atoms with Gasteiger partial charge >= 0.3 is 0 Å². The van der Waals surface area contributed by atoms with Crippen molar-refractivity contribution >= 4 is 5.69 Å². The second kappa shape index (κ2) is 4.02. The van der Waals surface area contributed by atoms with Crippen molar-refractivity contribution in [2.75, 3.05) is 32.5 Å². The molecule has 94 valence electrons. The van der Waals surface area contributed by atoms with E-state index in [4.69, 9.17) is 0 Å². The zero-order valence-electron chi connectivity index (χ0n) is 11.7. The van der Waals surface area contributed by atoms with Crippen molar-refractivity contribution in [3.05, 3.63) is 29.8 Å². The van der Waals surface area contributed by atoms with Gasteiger partial charge in [-0.05, 0) is 31.1 Å². The molecule has 0 fully saturated rings. The van der Waals surface area contributed by atoms with Gasteiger partial charge in [0, 0.05) is 24.2 Å². The Balaban J connectivity index is 2.51. The number of hydrogen-bond donors (Lipinski definition) is 1. The summed E-state index contributed by atoms with van der Waals surface area (Å²) in [5.74, 6) is 0. The van der Waals surface area contributed by atoms with Crippen molar-refractivity contribution in [2.45, 2.75) is 26.2 Å². The molecule has 1 aliphatic rings. The van der Waals surface area contributed by atoms with E-state index in [1.165, 1.54) is 11.3 Å². The average molecular weight is 232 g/mol. The number of rotatable bonds is 2. The lowest BCUT2D eigenvalue weighted by Crippen LogP contribution is -2.49. The van der Waals surface area contributed by atoms with Gasteiger partial charge in [-0.1, -0.05) is 39.0 Å². The molecule has 0 aliphatic carbocycles. The summed E-state index contributed by atoms with van der Waals surface area (Å²) in [6, 6.07) is 8.74. The van der Waals surface area contributed by atoms with Crippen LogP contribution in [-0.4, -0.2) is 32.1 Å². The summed E-state index contributed by atoms with van der Waals surface area (Å²) in [4.78, 5) is 2.30. The van der Waals surface area contributed by atoms with E-state index in [9.17, 15) is 0 Å². The van der Waals surface area contributed by atoms with Crippen LogP contribution in [0, 0.1) is 5.41 Å². The van der Waals surface area contributed by atoms with Gasteiger partial charge in [-0.3, -0.25) is 0 Å². The maximum Gasteiger partial charge on any atom is 0.0380 e. The van der Waals surface area contributed by atoms with Gasteiger partial charge in [0.05, 0.1) is 0 Å². The Morgan fingerprint density at radius 3 is 2.47 bits per heavy atom. The number of hydrogen-bond acceptors (Lipinski definition) is 2. The molecule has 1 aromatic carbocycles. The largest absolute Gasteiger partial charge is 0.384 e. The predicted octanol–water partition coefficient (Wildman–Crippen LogP) is 2.96. The normalized spacial score (nSPS) is 23.6. The lowest BCUT2D eigenvalue weighted by Gasteiger charge is -2.43. The lowest BCUT2D eigenvalue weighted by atomic mass is 9.63. The number of likely N-dealkylation sites (N-methyl/N-ethyl adjacent to an activating group) is 1. The molecule has 0 radical (unpaired) electrons. The van der Waals surface area contributed by atoms with E-state index in [0.717, 1.165) is 13.1 Å². The van der Waals surface area contributed by atoms with E-state index < -0.39 is 0 Å². The maximum atomic E-state index is 3.58. The van der Waals surface area contributed by atoms with Crippen LogP contribution in [-0.2, 0) is 5.41 Å². The summed E-state index contributed by atoms with van der Waals surface area (Å²) in [5.41, 5.74) is 3.23. The molecule has 0 spiro atoms. The van der Waals surface area contributed by atoms with Crippen LogP contribution in [0.3, 0.4) is 0 Å². The summed E-state index contributed by atoms with van der Waals surface area (Å²) in [7, 11) is 4.32. The Hall–Kier alpha value is -1.02. The van der Waals surface area contributed by atoms with Crippen LogP contribution in [0.2, 0.25) is 0 Å². The fraction of sp³-hybridized carbons (Fsp3) is 0.600. The molecular weight excluding hydrogens is 208 g/mol. The third-order valence-corrected chi connectivity index (χ3v) is 4.05. The third-order valence-electron chi connectivity index (χ3n) is 4.05. The fourth-order valence-corrected chi connectivity index (χ4v) is 2.98. The predicted molar refractivity (Wildman–Crippen MR) is 74.6 cm³/mol. The van der Waals surface area contributed by atoms with E-state index in [0.29, 0.717) is 0 Å². The Bertz CT molecular complexity index is 404. The molecule has 1 unspecified atom stereocenters. The topological polar surface area (TPSA) is 15.3 Å². The molecule has 0 amide bonds. The molecule has 1 aliphatic heterocycles. The molecule has 0 saturated carbocycles. The number of fused-ring (bicyclic) bond motifs is 1. The van der Waals surface area contributed by atoms with Crippen molar-refractivity contribution in [3.63, 3.8) is 0 Å². The smallest absolute Gasteiger partial charge is 0.0380 e. The Morgan fingerprint density at radius 1 is 1.24 bits per heavy atom. The van der Waals surface area contributed by atoms with Crippen molar-refractivity contribution in [1.29, 1.82) is 0 Å². The van der Waals surface area contributed by atoms with Crippen molar-refractivity contribution < 1.29 is 0 Å². The van der Waals surface area contributed by atoms with Gasteiger partial charge in [0.2, 0.25) is 0 Å². The van der Waals surface area contributed by atoms with Gasteiger partial charge in [-0.2, -0.15) is 0 Å². The summed E-state index contributed by atoms with van der Waals surface area (Å²) in [5, 5.41) is 3.58. The van der Waals surface area contributed by atoms with E-state index in [2.05, 4.69) is 69.3 Å². The van der Waals surface area contributed by atoms with E-state index in [1.54, 1.807) is 0 Å². The standard InChI is InChI=1S/C15H24N2/c1-14(2,3)15(11-17(4)5)10-16-13-9-7-6-8-12(13)15/h6-9,16H,10-11H2,1-5H3. The molecule has 0 saturated heterocycles.